The molecule has 2 aromatic heterocycles. The number of aromatic nitrogens is 3. The Labute approximate surface area is 189 Å². The highest BCUT2D eigenvalue weighted by atomic mass is 35.5. The van der Waals surface area contributed by atoms with Crippen LogP contribution in [0.3, 0.4) is 0 Å². The van der Waals surface area contributed by atoms with Gasteiger partial charge < -0.3 is 11.1 Å². The van der Waals surface area contributed by atoms with Gasteiger partial charge in [-0.25, -0.2) is 4.68 Å². The number of para-hydroxylation sites is 1. The van der Waals surface area contributed by atoms with Gasteiger partial charge in [-0.1, -0.05) is 37.5 Å². The molecule has 3 N–H and O–H groups in total. The van der Waals surface area contributed by atoms with Crippen LogP contribution < -0.4 is 11.1 Å². The molecule has 1 amide bonds. The van der Waals surface area contributed by atoms with Crippen LogP contribution in [-0.2, 0) is 11.3 Å². The Balaban J connectivity index is 0.00000160. The van der Waals surface area contributed by atoms with E-state index in [1.165, 1.54) is 0 Å². The molecule has 160 valence electrons. The zero-order valence-electron chi connectivity index (χ0n) is 16.7. The van der Waals surface area contributed by atoms with Crippen molar-refractivity contribution in [3.8, 4) is 16.9 Å². The highest BCUT2D eigenvalue weighted by Crippen LogP contribution is 2.27. The monoisotopic (exact) mass is 447 g/mol. The topological polar surface area (TPSA) is 85.8 Å². The highest BCUT2D eigenvalue weighted by Gasteiger charge is 2.35. The summed E-state index contributed by atoms with van der Waals surface area (Å²) in [4.78, 5) is 16.8. The smallest absolute Gasteiger partial charge is 0.240 e. The number of nitrogens with one attached hydrogen (secondary N) is 1. The van der Waals surface area contributed by atoms with E-state index >= 15 is 0 Å². The molecule has 1 aliphatic carbocycles. The number of hydrogen-bond donors (Lipinski definition) is 2. The van der Waals surface area contributed by atoms with Gasteiger partial charge in [0.05, 0.1) is 16.9 Å². The van der Waals surface area contributed by atoms with Gasteiger partial charge in [0.15, 0.2) is 0 Å². The molecule has 0 spiro atoms. The number of rotatable bonds is 5. The lowest BCUT2D eigenvalue weighted by molar-refractivity contribution is -0.127. The fourth-order valence-electron chi connectivity index (χ4n) is 3.77. The SMILES string of the molecule is Cl.Cl.NC1(C(=O)NCc2cn(-c3ccccc3)nc2-c2ccncc2)CCCCC1. The predicted molar refractivity (Wildman–Crippen MR) is 123 cm³/mol. The average molecular weight is 448 g/mol. The van der Waals surface area contributed by atoms with Gasteiger partial charge in [0, 0.05) is 36.3 Å². The largest absolute Gasteiger partial charge is 0.350 e. The van der Waals surface area contributed by atoms with Gasteiger partial charge in [0.25, 0.3) is 0 Å². The second-order valence-corrected chi connectivity index (χ2v) is 7.42. The maximum atomic E-state index is 12.7. The van der Waals surface area contributed by atoms with Crippen molar-refractivity contribution in [2.24, 2.45) is 5.73 Å². The molecule has 0 atom stereocenters. The Morgan fingerprint density at radius 3 is 2.37 bits per heavy atom. The molecule has 1 saturated carbocycles. The molecule has 0 saturated heterocycles. The van der Waals surface area contributed by atoms with Gasteiger partial charge in [-0.15, -0.1) is 24.8 Å². The van der Waals surface area contributed by atoms with Crippen LogP contribution in [0.15, 0.2) is 61.1 Å². The van der Waals surface area contributed by atoms with E-state index in [1.54, 1.807) is 12.4 Å². The number of amides is 1. The Bertz CT molecular complexity index is 941. The first-order valence-corrected chi connectivity index (χ1v) is 9.77. The Morgan fingerprint density at radius 1 is 1.03 bits per heavy atom. The zero-order chi connectivity index (χ0) is 19.4. The van der Waals surface area contributed by atoms with E-state index in [0.29, 0.717) is 6.54 Å². The molecule has 8 heteroatoms. The van der Waals surface area contributed by atoms with Crippen molar-refractivity contribution in [3.63, 3.8) is 0 Å². The molecule has 3 aromatic rings. The molecule has 0 radical (unpaired) electrons. The summed E-state index contributed by atoms with van der Waals surface area (Å²) in [5.74, 6) is -0.0691. The van der Waals surface area contributed by atoms with E-state index in [-0.39, 0.29) is 30.7 Å². The summed E-state index contributed by atoms with van der Waals surface area (Å²) in [6, 6.07) is 13.8. The molecule has 1 fully saturated rings. The summed E-state index contributed by atoms with van der Waals surface area (Å²) >= 11 is 0. The number of nitrogens with zero attached hydrogens (tertiary/aromatic N) is 3. The van der Waals surface area contributed by atoms with Gasteiger partial charge in [0.2, 0.25) is 5.91 Å². The number of carbonyl (C=O) groups excluding carboxylic acids is 1. The molecule has 30 heavy (non-hydrogen) atoms. The van der Waals surface area contributed by atoms with E-state index in [2.05, 4.69) is 10.3 Å². The van der Waals surface area contributed by atoms with Crippen LogP contribution in [0.5, 0.6) is 0 Å². The van der Waals surface area contributed by atoms with E-state index in [4.69, 9.17) is 10.8 Å². The van der Waals surface area contributed by atoms with Crippen molar-refractivity contribution in [3.05, 3.63) is 66.6 Å². The third-order valence-corrected chi connectivity index (χ3v) is 5.40. The summed E-state index contributed by atoms with van der Waals surface area (Å²) in [6.45, 7) is 0.391. The number of carbonyl (C=O) groups is 1. The van der Waals surface area contributed by atoms with Crippen molar-refractivity contribution < 1.29 is 4.79 Å². The molecule has 4 rings (SSSR count). The highest BCUT2D eigenvalue weighted by molar-refractivity contribution is 5.86. The van der Waals surface area contributed by atoms with Crippen LogP contribution in [0.4, 0.5) is 0 Å². The van der Waals surface area contributed by atoms with E-state index in [1.807, 2.05) is 53.3 Å². The summed E-state index contributed by atoms with van der Waals surface area (Å²) in [7, 11) is 0. The number of pyridine rings is 1. The lowest BCUT2D eigenvalue weighted by Crippen LogP contribution is -2.54. The number of hydrogen-bond acceptors (Lipinski definition) is 4. The van der Waals surface area contributed by atoms with Crippen LogP contribution in [0.1, 0.15) is 37.7 Å². The first kappa shape index (κ1) is 23.9. The fourth-order valence-corrected chi connectivity index (χ4v) is 3.77. The van der Waals surface area contributed by atoms with Crippen molar-refractivity contribution in [2.75, 3.05) is 0 Å². The molecule has 1 aliphatic rings. The molecular formula is C22H27Cl2N5O. The maximum Gasteiger partial charge on any atom is 0.240 e. The summed E-state index contributed by atoms with van der Waals surface area (Å²) in [5.41, 5.74) is 9.34. The van der Waals surface area contributed by atoms with Gasteiger partial charge in [0.1, 0.15) is 0 Å². The quantitative estimate of drug-likeness (QED) is 0.617. The zero-order valence-corrected chi connectivity index (χ0v) is 18.3. The summed E-state index contributed by atoms with van der Waals surface area (Å²) in [5, 5.41) is 7.82. The third-order valence-electron chi connectivity index (χ3n) is 5.40. The van der Waals surface area contributed by atoms with Gasteiger partial charge in [-0.3, -0.25) is 9.78 Å². The van der Waals surface area contributed by atoms with Gasteiger partial charge >= 0.3 is 0 Å². The van der Waals surface area contributed by atoms with Crippen LogP contribution in [0, 0.1) is 0 Å². The molecular weight excluding hydrogens is 421 g/mol. The van der Waals surface area contributed by atoms with Crippen LogP contribution in [0.25, 0.3) is 16.9 Å². The summed E-state index contributed by atoms with van der Waals surface area (Å²) < 4.78 is 1.84. The second-order valence-electron chi connectivity index (χ2n) is 7.42. The molecule has 1 aromatic carbocycles. The third kappa shape index (κ3) is 5.19. The minimum atomic E-state index is -0.746. The number of benzene rings is 1. The van der Waals surface area contributed by atoms with E-state index in [9.17, 15) is 4.79 Å². The van der Waals surface area contributed by atoms with Crippen molar-refractivity contribution in [2.45, 2.75) is 44.2 Å². The Kier molecular flexibility index (Phi) is 8.41. The standard InChI is InChI=1S/C22H25N5O.2ClH/c23-22(11-5-2-6-12-22)21(28)25-15-18-16-27(19-7-3-1-4-8-19)26-20(18)17-9-13-24-14-10-17;;/h1,3-4,7-10,13-14,16H,2,5-6,11-12,15,23H2,(H,25,28);2*1H. The van der Waals surface area contributed by atoms with Crippen LogP contribution in [-0.4, -0.2) is 26.2 Å². The molecule has 6 nitrogen and oxygen atoms in total. The van der Waals surface area contributed by atoms with E-state index in [0.717, 1.165) is 54.6 Å². The lowest BCUT2D eigenvalue weighted by Gasteiger charge is -2.31. The fraction of sp³-hybridized carbons (Fsp3) is 0.318. The van der Waals surface area contributed by atoms with Crippen LogP contribution >= 0.6 is 24.8 Å². The molecule has 0 bridgehead atoms. The molecule has 0 aliphatic heterocycles. The molecule has 0 unspecified atom stereocenters. The summed E-state index contributed by atoms with van der Waals surface area (Å²) in [6.07, 6.45) is 10.1. The van der Waals surface area contributed by atoms with Crippen molar-refractivity contribution in [1.29, 1.82) is 0 Å². The predicted octanol–water partition coefficient (Wildman–Crippen LogP) is 4.06. The number of halogens is 2. The van der Waals surface area contributed by atoms with Crippen molar-refractivity contribution >= 4 is 30.7 Å². The minimum absolute atomic E-state index is 0. The molecule has 2 heterocycles. The van der Waals surface area contributed by atoms with Crippen LogP contribution in [0.2, 0.25) is 0 Å². The van der Waals surface area contributed by atoms with Gasteiger partial charge in [-0.2, -0.15) is 5.10 Å². The Morgan fingerprint density at radius 2 is 1.70 bits per heavy atom. The first-order valence-electron chi connectivity index (χ1n) is 9.77. The lowest BCUT2D eigenvalue weighted by atomic mass is 9.82. The van der Waals surface area contributed by atoms with Gasteiger partial charge in [-0.05, 0) is 37.1 Å². The average Bonchev–Trinajstić information content (AvgIpc) is 3.18. The Hall–Kier alpha value is -2.41. The maximum absolute atomic E-state index is 12.7. The first-order chi connectivity index (χ1) is 13.7. The second kappa shape index (κ2) is 10.6. The minimum Gasteiger partial charge on any atom is -0.350 e. The van der Waals surface area contributed by atoms with E-state index < -0.39 is 5.54 Å². The van der Waals surface area contributed by atoms with Crippen molar-refractivity contribution in [1.82, 2.24) is 20.1 Å². The normalized spacial score (nSPS) is 14.8. The number of nitrogens with two attached hydrogens (primary N) is 1.